The molecule has 0 radical (unpaired) electrons. The van der Waals surface area contributed by atoms with Crippen LogP contribution in [0.25, 0.3) is 0 Å². The summed E-state index contributed by atoms with van der Waals surface area (Å²) in [5.41, 5.74) is -3.03. The second-order valence-electron chi connectivity index (χ2n) is 5.40. The number of aliphatic hydroxyl groups is 1. The van der Waals surface area contributed by atoms with E-state index in [-0.39, 0.29) is 5.56 Å². The Morgan fingerprint density at radius 2 is 1.96 bits per heavy atom. The fraction of sp³-hybridized carbons (Fsp3) is 0.462. The number of benzene rings is 1. The number of hydrogen-bond donors (Lipinski definition) is 2. The number of carboxylic acids is 1. The maximum absolute atomic E-state index is 12.8. The minimum atomic E-state index is -4.95. The van der Waals surface area contributed by atoms with E-state index in [1.54, 1.807) is 0 Å². The molecule has 0 aromatic heterocycles. The number of hydrogen-bond acceptors (Lipinski definition) is 4. The zero-order valence-corrected chi connectivity index (χ0v) is 12.8. The summed E-state index contributed by atoms with van der Waals surface area (Å²) < 4.78 is 63.6. The summed E-state index contributed by atoms with van der Waals surface area (Å²) in [6.45, 7) is -0.151. The van der Waals surface area contributed by atoms with Crippen LogP contribution in [0.1, 0.15) is 22.3 Å². The van der Waals surface area contributed by atoms with Gasteiger partial charge in [-0.05, 0) is 24.6 Å². The molecule has 2 N–H and O–H groups in total. The molecule has 0 spiro atoms. The summed E-state index contributed by atoms with van der Waals surface area (Å²) in [4.78, 5) is 10.6. The fourth-order valence-electron chi connectivity index (χ4n) is 2.34. The maximum Gasteiger partial charge on any atom is 0.418 e. The average molecular weight is 353 g/mol. The standard InChI is InChI=1S/C13H14F3NO5S/c1-8-2-3-9(6-10(8)11(18)19)23(21,22)17-5-4-12(20,7-17)13(14,15)16/h2-3,6,20H,4-5,7H2,1H3,(H,18,19). The number of nitrogens with zero attached hydrogens (tertiary/aromatic N) is 1. The first-order chi connectivity index (χ1) is 10.4. The van der Waals surface area contributed by atoms with Crippen LogP contribution in [-0.4, -0.2) is 53.8 Å². The predicted octanol–water partition coefficient (Wildman–Crippen LogP) is 1.38. The van der Waals surface area contributed by atoms with Crippen molar-refractivity contribution >= 4 is 16.0 Å². The van der Waals surface area contributed by atoms with Crippen LogP contribution in [0.15, 0.2) is 23.1 Å². The van der Waals surface area contributed by atoms with Crippen LogP contribution >= 0.6 is 0 Å². The summed E-state index contributed by atoms with van der Waals surface area (Å²) in [7, 11) is -4.33. The molecule has 1 heterocycles. The molecular formula is C13H14F3NO5S. The van der Waals surface area contributed by atoms with Crippen molar-refractivity contribution in [1.82, 2.24) is 4.31 Å². The number of carboxylic acid groups (broad SMARTS) is 1. The Hall–Kier alpha value is -1.65. The molecule has 128 valence electrons. The van der Waals surface area contributed by atoms with Crippen LogP contribution in [-0.2, 0) is 10.0 Å². The summed E-state index contributed by atoms with van der Waals surface area (Å²) in [5, 5.41) is 18.6. The average Bonchev–Trinajstić information content (AvgIpc) is 2.83. The van der Waals surface area contributed by atoms with Crippen molar-refractivity contribution in [2.24, 2.45) is 0 Å². The molecule has 6 nitrogen and oxygen atoms in total. The lowest BCUT2D eigenvalue weighted by molar-refractivity contribution is -0.252. The Labute approximate surface area is 130 Å². The molecule has 0 bridgehead atoms. The molecule has 0 aliphatic carbocycles. The highest BCUT2D eigenvalue weighted by Crippen LogP contribution is 2.39. The summed E-state index contributed by atoms with van der Waals surface area (Å²) in [5.74, 6) is -1.34. The van der Waals surface area contributed by atoms with Crippen molar-refractivity contribution in [3.63, 3.8) is 0 Å². The number of rotatable bonds is 3. The molecule has 10 heteroatoms. The van der Waals surface area contributed by atoms with Crippen LogP contribution in [0.2, 0.25) is 0 Å². The molecule has 0 saturated carbocycles. The third-order valence-electron chi connectivity index (χ3n) is 3.82. The summed E-state index contributed by atoms with van der Waals surface area (Å²) in [6, 6.07) is 3.29. The van der Waals surface area contributed by atoms with E-state index in [9.17, 15) is 31.5 Å². The first-order valence-corrected chi connectivity index (χ1v) is 7.96. The molecule has 1 aliphatic heterocycles. The monoisotopic (exact) mass is 353 g/mol. The van der Waals surface area contributed by atoms with Gasteiger partial charge in [0, 0.05) is 13.0 Å². The Morgan fingerprint density at radius 1 is 1.35 bits per heavy atom. The van der Waals surface area contributed by atoms with Gasteiger partial charge in [-0.1, -0.05) is 6.07 Å². The van der Waals surface area contributed by atoms with Gasteiger partial charge in [-0.3, -0.25) is 0 Å². The topological polar surface area (TPSA) is 94.9 Å². The molecule has 1 aromatic rings. The van der Waals surface area contributed by atoms with E-state index in [1.165, 1.54) is 13.0 Å². The quantitative estimate of drug-likeness (QED) is 0.856. The predicted molar refractivity (Wildman–Crippen MR) is 72.5 cm³/mol. The number of carbonyl (C=O) groups is 1. The van der Waals surface area contributed by atoms with Crippen molar-refractivity contribution in [2.75, 3.05) is 13.1 Å². The summed E-state index contributed by atoms with van der Waals surface area (Å²) in [6.07, 6.45) is -5.72. The molecule has 2 rings (SSSR count). The minimum absolute atomic E-state index is 0.253. The number of aryl methyl sites for hydroxylation is 1. The zero-order chi connectivity index (χ0) is 17.6. The third kappa shape index (κ3) is 3.06. The maximum atomic E-state index is 12.8. The van der Waals surface area contributed by atoms with E-state index in [0.29, 0.717) is 9.87 Å². The first-order valence-electron chi connectivity index (χ1n) is 6.52. The first kappa shape index (κ1) is 17.7. The van der Waals surface area contributed by atoms with Gasteiger partial charge in [-0.25, -0.2) is 13.2 Å². The normalized spacial score (nSPS) is 23.2. The second kappa shape index (κ2) is 5.46. The molecule has 1 aromatic carbocycles. The fourth-order valence-corrected chi connectivity index (χ4v) is 3.86. The SMILES string of the molecule is Cc1ccc(S(=O)(=O)N2CCC(O)(C(F)(F)F)C2)cc1C(=O)O. The van der Waals surface area contributed by atoms with Crippen molar-refractivity contribution in [2.45, 2.75) is 30.0 Å². The number of sulfonamides is 1. The second-order valence-corrected chi connectivity index (χ2v) is 7.34. The van der Waals surface area contributed by atoms with Crippen LogP contribution in [0.3, 0.4) is 0 Å². The lowest BCUT2D eigenvalue weighted by Crippen LogP contribution is -2.48. The Bertz CT molecular complexity index is 746. The van der Waals surface area contributed by atoms with Crippen molar-refractivity contribution in [3.8, 4) is 0 Å². The lowest BCUT2D eigenvalue weighted by atomic mass is 10.0. The minimum Gasteiger partial charge on any atom is -0.478 e. The van der Waals surface area contributed by atoms with Gasteiger partial charge in [0.25, 0.3) is 0 Å². The Balaban J connectivity index is 2.38. The van der Waals surface area contributed by atoms with Gasteiger partial charge in [0.2, 0.25) is 10.0 Å². The molecule has 1 fully saturated rings. The van der Waals surface area contributed by atoms with Gasteiger partial charge in [0.05, 0.1) is 17.0 Å². The van der Waals surface area contributed by atoms with Gasteiger partial charge in [-0.15, -0.1) is 0 Å². The van der Waals surface area contributed by atoms with Gasteiger partial charge >= 0.3 is 12.1 Å². The summed E-state index contributed by atoms with van der Waals surface area (Å²) >= 11 is 0. The molecule has 1 unspecified atom stereocenters. The van der Waals surface area contributed by atoms with Crippen molar-refractivity contribution < 1.29 is 36.6 Å². The van der Waals surface area contributed by atoms with Crippen molar-refractivity contribution in [3.05, 3.63) is 29.3 Å². The highest BCUT2D eigenvalue weighted by atomic mass is 32.2. The number of β-amino-alcohol motifs (C(OH)–C–C–N with tert-alkyl or cyclic N) is 1. The van der Waals surface area contributed by atoms with Crippen LogP contribution in [0.4, 0.5) is 13.2 Å². The molecule has 1 atom stereocenters. The number of alkyl halides is 3. The lowest BCUT2D eigenvalue weighted by Gasteiger charge is -2.25. The van der Waals surface area contributed by atoms with E-state index in [0.717, 1.165) is 12.1 Å². The van der Waals surface area contributed by atoms with Gasteiger partial charge in [0.1, 0.15) is 0 Å². The molecule has 1 saturated heterocycles. The third-order valence-corrected chi connectivity index (χ3v) is 5.66. The van der Waals surface area contributed by atoms with Crippen LogP contribution in [0, 0.1) is 6.92 Å². The van der Waals surface area contributed by atoms with Gasteiger partial charge in [0.15, 0.2) is 5.60 Å². The van der Waals surface area contributed by atoms with E-state index < -0.39 is 52.2 Å². The molecule has 1 aliphatic rings. The molecular weight excluding hydrogens is 339 g/mol. The van der Waals surface area contributed by atoms with Gasteiger partial charge in [-0.2, -0.15) is 17.5 Å². The van der Waals surface area contributed by atoms with E-state index in [2.05, 4.69) is 0 Å². The van der Waals surface area contributed by atoms with Crippen LogP contribution < -0.4 is 0 Å². The largest absolute Gasteiger partial charge is 0.478 e. The number of aromatic carboxylic acids is 1. The highest BCUT2D eigenvalue weighted by Gasteiger charge is 2.58. The van der Waals surface area contributed by atoms with E-state index in [1.807, 2.05) is 0 Å². The van der Waals surface area contributed by atoms with E-state index >= 15 is 0 Å². The Kier molecular flexibility index (Phi) is 4.20. The zero-order valence-electron chi connectivity index (χ0n) is 12.0. The Morgan fingerprint density at radius 3 is 2.43 bits per heavy atom. The van der Waals surface area contributed by atoms with E-state index in [4.69, 9.17) is 5.11 Å². The van der Waals surface area contributed by atoms with Crippen molar-refractivity contribution in [1.29, 1.82) is 0 Å². The highest BCUT2D eigenvalue weighted by molar-refractivity contribution is 7.89. The number of halogens is 3. The molecule has 0 amide bonds. The molecule has 23 heavy (non-hydrogen) atoms. The van der Waals surface area contributed by atoms with Gasteiger partial charge < -0.3 is 10.2 Å². The van der Waals surface area contributed by atoms with Crippen LogP contribution in [0.5, 0.6) is 0 Å². The smallest absolute Gasteiger partial charge is 0.418 e.